The number of nitrogen functional groups attached to an aromatic ring is 1. The van der Waals surface area contributed by atoms with Gasteiger partial charge in [0, 0.05) is 22.7 Å². The summed E-state index contributed by atoms with van der Waals surface area (Å²) in [7, 11) is 0. The van der Waals surface area contributed by atoms with E-state index in [1.54, 1.807) is 17.7 Å². The van der Waals surface area contributed by atoms with Crippen molar-refractivity contribution in [2.24, 2.45) is 11.7 Å². The second kappa shape index (κ2) is 4.82. The van der Waals surface area contributed by atoms with Gasteiger partial charge in [-0.2, -0.15) is 0 Å². The van der Waals surface area contributed by atoms with Crippen LogP contribution in [0.2, 0.25) is 0 Å². The number of hydrogen-bond acceptors (Lipinski definition) is 5. The average molecular weight is 299 g/mol. The SMILES string of the molecule is NCC1CC(n2cc(-c3cccs3)c3c(N)ncnc32)C1. The molecule has 1 fully saturated rings. The van der Waals surface area contributed by atoms with E-state index in [2.05, 4.69) is 38.2 Å². The van der Waals surface area contributed by atoms with Crippen molar-refractivity contribution in [3.05, 3.63) is 30.0 Å². The van der Waals surface area contributed by atoms with Gasteiger partial charge in [-0.1, -0.05) is 6.07 Å². The minimum absolute atomic E-state index is 0.476. The number of nitrogens with zero attached hydrogens (tertiary/aromatic N) is 3. The Hall–Kier alpha value is -1.92. The fourth-order valence-electron chi connectivity index (χ4n) is 3.13. The van der Waals surface area contributed by atoms with Crippen LogP contribution in [0, 0.1) is 5.92 Å². The van der Waals surface area contributed by atoms with Crippen molar-refractivity contribution in [2.45, 2.75) is 18.9 Å². The van der Waals surface area contributed by atoms with Crippen molar-refractivity contribution in [2.75, 3.05) is 12.3 Å². The van der Waals surface area contributed by atoms with E-state index in [1.165, 1.54) is 4.88 Å². The third-order valence-electron chi connectivity index (χ3n) is 4.36. The molecule has 6 heteroatoms. The molecule has 21 heavy (non-hydrogen) atoms. The lowest BCUT2D eigenvalue weighted by Gasteiger charge is -2.35. The van der Waals surface area contributed by atoms with E-state index in [9.17, 15) is 0 Å². The van der Waals surface area contributed by atoms with Crippen molar-refractivity contribution >= 4 is 28.2 Å². The third kappa shape index (κ3) is 1.94. The van der Waals surface area contributed by atoms with Crippen LogP contribution in [0.1, 0.15) is 18.9 Å². The number of anilines is 1. The molecule has 5 nitrogen and oxygen atoms in total. The van der Waals surface area contributed by atoms with E-state index < -0.39 is 0 Å². The molecule has 0 spiro atoms. The lowest BCUT2D eigenvalue weighted by molar-refractivity contribution is 0.209. The molecule has 0 saturated heterocycles. The first-order valence-electron chi connectivity index (χ1n) is 7.13. The molecule has 0 radical (unpaired) electrons. The summed E-state index contributed by atoms with van der Waals surface area (Å²) >= 11 is 1.71. The summed E-state index contributed by atoms with van der Waals surface area (Å²) in [4.78, 5) is 9.84. The smallest absolute Gasteiger partial charge is 0.146 e. The summed E-state index contributed by atoms with van der Waals surface area (Å²) in [5, 5.41) is 3.04. The second-order valence-corrected chi connectivity index (χ2v) is 6.56. The number of nitrogens with two attached hydrogens (primary N) is 2. The van der Waals surface area contributed by atoms with Gasteiger partial charge in [0.15, 0.2) is 0 Å². The Morgan fingerprint density at radius 1 is 1.33 bits per heavy atom. The summed E-state index contributed by atoms with van der Waals surface area (Å²) in [6, 6.07) is 4.64. The molecule has 0 aromatic carbocycles. The zero-order chi connectivity index (χ0) is 14.4. The molecule has 4 rings (SSSR count). The summed E-state index contributed by atoms with van der Waals surface area (Å²) in [6.07, 6.45) is 5.96. The average Bonchev–Trinajstić information content (AvgIpc) is 3.06. The molecule has 1 aliphatic rings. The quantitative estimate of drug-likeness (QED) is 0.779. The highest BCUT2D eigenvalue weighted by molar-refractivity contribution is 7.13. The van der Waals surface area contributed by atoms with Gasteiger partial charge in [0.25, 0.3) is 0 Å². The molecular formula is C15H17N5S. The topological polar surface area (TPSA) is 82.8 Å². The Balaban J connectivity index is 1.87. The Bertz CT molecular complexity index is 771. The Morgan fingerprint density at radius 3 is 2.90 bits per heavy atom. The number of thiophene rings is 1. The molecule has 108 valence electrons. The Morgan fingerprint density at radius 2 is 2.19 bits per heavy atom. The normalized spacial score (nSPS) is 21.6. The molecule has 3 aromatic heterocycles. The van der Waals surface area contributed by atoms with Gasteiger partial charge in [0.1, 0.15) is 17.8 Å². The van der Waals surface area contributed by atoms with Crippen LogP contribution in [0.5, 0.6) is 0 Å². The minimum Gasteiger partial charge on any atom is -0.383 e. The van der Waals surface area contributed by atoms with Crippen molar-refractivity contribution in [3.63, 3.8) is 0 Å². The largest absolute Gasteiger partial charge is 0.383 e. The van der Waals surface area contributed by atoms with Crippen molar-refractivity contribution in [3.8, 4) is 10.4 Å². The van der Waals surface area contributed by atoms with Gasteiger partial charge in [0.05, 0.1) is 5.39 Å². The van der Waals surface area contributed by atoms with Gasteiger partial charge in [-0.05, 0) is 36.8 Å². The fraction of sp³-hybridized carbons (Fsp3) is 0.333. The maximum Gasteiger partial charge on any atom is 0.146 e. The lowest BCUT2D eigenvalue weighted by atomic mass is 9.80. The Kier molecular flexibility index (Phi) is 2.94. The first-order valence-corrected chi connectivity index (χ1v) is 8.01. The van der Waals surface area contributed by atoms with Gasteiger partial charge in [-0.3, -0.25) is 0 Å². The molecule has 4 N–H and O–H groups in total. The monoisotopic (exact) mass is 299 g/mol. The molecule has 0 amide bonds. The molecule has 3 heterocycles. The predicted octanol–water partition coefficient (Wildman–Crippen LogP) is 2.65. The van der Waals surface area contributed by atoms with Crippen LogP contribution >= 0.6 is 11.3 Å². The second-order valence-electron chi connectivity index (χ2n) is 5.61. The standard InChI is InChI=1S/C15H17N5S/c16-6-9-4-10(5-9)20-7-11(12-2-1-3-21-12)13-14(17)18-8-19-15(13)20/h1-3,7-10H,4-6,16H2,(H2,17,18,19). The van der Waals surface area contributed by atoms with Gasteiger partial charge in [-0.25, -0.2) is 9.97 Å². The van der Waals surface area contributed by atoms with E-state index in [1.807, 2.05) is 0 Å². The van der Waals surface area contributed by atoms with Gasteiger partial charge in [-0.15, -0.1) is 11.3 Å². The third-order valence-corrected chi connectivity index (χ3v) is 5.27. The zero-order valence-corrected chi connectivity index (χ0v) is 12.4. The van der Waals surface area contributed by atoms with Crippen LogP contribution in [0.25, 0.3) is 21.5 Å². The maximum absolute atomic E-state index is 6.11. The first kappa shape index (κ1) is 12.8. The summed E-state index contributed by atoms with van der Waals surface area (Å²) in [5.74, 6) is 1.19. The van der Waals surface area contributed by atoms with E-state index in [4.69, 9.17) is 11.5 Å². The maximum atomic E-state index is 6.11. The number of fused-ring (bicyclic) bond motifs is 1. The van der Waals surface area contributed by atoms with Gasteiger partial charge in [0.2, 0.25) is 0 Å². The Labute approximate surface area is 126 Å². The molecule has 0 atom stereocenters. The van der Waals surface area contributed by atoms with Crippen LogP contribution in [0.15, 0.2) is 30.0 Å². The van der Waals surface area contributed by atoms with Crippen molar-refractivity contribution < 1.29 is 0 Å². The molecule has 0 unspecified atom stereocenters. The zero-order valence-electron chi connectivity index (χ0n) is 11.6. The van der Waals surface area contributed by atoms with Crippen LogP contribution < -0.4 is 11.5 Å². The number of rotatable bonds is 3. The van der Waals surface area contributed by atoms with Gasteiger partial charge >= 0.3 is 0 Å². The summed E-state index contributed by atoms with van der Waals surface area (Å²) in [6.45, 7) is 0.768. The van der Waals surface area contributed by atoms with Crippen LogP contribution in [-0.2, 0) is 0 Å². The predicted molar refractivity (Wildman–Crippen MR) is 86.1 cm³/mol. The highest BCUT2D eigenvalue weighted by Gasteiger charge is 2.31. The van der Waals surface area contributed by atoms with E-state index >= 15 is 0 Å². The number of aromatic nitrogens is 3. The van der Waals surface area contributed by atoms with E-state index in [-0.39, 0.29) is 0 Å². The van der Waals surface area contributed by atoms with Gasteiger partial charge < -0.3 is 16.0 Å². The molecule has 1 saturated carbocycles. The van der Waals surface area contributed by atoms with Crippen LogP contribution in [0.3, 0.4) is 0 Å². The highest BCUT2D eigenvalue weighted by atomic mass is 32.1. The lowest BCUT2D eigenvalue weighted by Crippen LogP contribution is -2.31. The van der Waals surface area contributed by atoms with E-state index in [0.717, 1.165) is 36.0 Å². The molecular weight excluding hydrogens is 282 g/mol. The highest BCUT2D eigenvalue weighted by Crippen LogP contribution is 2.42. The minimum atomic E-state index is 0.476. The first-order chi connectivity index (χ1) is 10.3. The van der Waals surface area contributed by atoms with Crippen LogP contribution in [-0.4, -0.2) is 21.1 Å². The molecule has 0 aliphatic heterocycles. The summed E-state index contributed by atoms with van der Waals surface area (Å²) in [5.41, 5.74) is 13.9. The van der Waals surface area contributed by atoms with Crippen molar-refractivity contribution in [1.29, 1.82) is 0 Å². The van der Waals surface area contributed by atoms with E-state index in [0.29, 0.717) is 17.8 Å². The fourth-order valence-corrected chi connectivity index (χ4v) is 3.87. The number of hydrogen-bond donors (Lipinski definition) is 2. The summed E-state index contributed by atoms with van der Waals surface area (Å²) < 4.78 is 2.26. The molecule has 3 aromatic rings. The molecule has 0 bridgehead atoms. The van der Waals surface area contributed by atoms with Crippen molar-refractivity contribution in [1.82, 2.24) is 14.5 Å². The van der Waals surface area contributed by atoms with Crippen LogP contribution in [0.4, 0.5) is 5.82 Å². The molecule has 1 aliphatic carbocycles.